The molecule has 1 atom stereocenters. The second kappa shape index (κ2) is 5.78. The lowest BCUT2D eigenvalue weighted by Gasteiger charge is -2.12. The van der Waals surface area contributed by atoms with Crippen molar-refractivity contribution in [1.82, 2.24) is 24.4 Å². The van der Waals surface area contributed by atoms with Crippen LogP contribution in [0.4, 0.5) is 5.82 Å². The maximum absolute atomic E-state index is 10.6. The van der Waals surface area contributed by atoms with Crippen LogP contribution in [0.25, 0.3) is 16.8 Å². The number of aromatic nitrogens is 5. The molecule has 0 aliphatic carbocycles. The van der Waals surface area contributed by atoms with Crippen molar-refractivity contribution >= 4 is 11.5 Å². The predicted molar refractivity (Wildman–Crippen MR) is 90.2 cm³/mol. The quantitative estimate of drug-likeness (QED) is 0.564. The number of anilines is 1. The van der Waals surface area contributed by atoms with Gasteiger partial charge in [0.25, 0.3) is 0 Å². The zero-order chi connectivity index (χ0) is 16.5. The van der Waals surface area contributed by atoms with Gasteiger partial charge in [-0.15, -0.1) is 0 Å². The van der Waals surface area contributed by atoms with Crippen molar-refractivity contribution in [2.75, 3.05) is 5.32 Å². The molecule has 3 aromatic heterocycles. The molecule has 4 aromatic rings. The first-order chi connectivity index (χ1) is 11.7. The summed E-state index contributed by atoms with van der Waals surface area (Å²) in [5.41, 5.74) is 3.15. The Kier molecular flexibility index (Phi) is 3.47. The predicted octanol–water partition coefficient (Wildman–Crippen LogP) is 2.23. The van der Waals surface area contributed by atoms with E-state index in [1.54, 1.807) is 33.9 Å². The molecule has 2 N–H and O–H groups in total. The van der Waals surface area contributed by atoms with Crippen LogP contribution in [-0.2, 0) is 7.05 Å². The first-order valence-electron chi connectivity index (χ1n) is 7.54. The summed E-state index contributed by atoms with van der Waals surface area (Å²) in [6, 6.07) is 11.7. The number of aliphatic hydroxyl groups excluding tert-OH is 1. The van der Waals surface area contributed by atoms with E-state index in [4.69, 9.17) is 0 Å². The van der Waals surface area contributed by atoms with E-state index in [0.29, 0.717) is 17.0 Å². The Hall–Kier alpha value is -3.19. The van der Waals surface area contributed by atoms with Crippen LogP contribution in [-0.4, -0.2) is 29.5 Å². The molecule has 1 unspecified atom stereocenters. The van der Waals surface area contributed by atoms with Crippen molar-refractivity contribution < 1.29 is 5.11 Å². The lowest BCUT2D eigenvalue weighted by atomic mass is 10.1. The maximum atomic E-state index is 10.6. The third kappa shape index (κ3) is 2.50. The Balaban J connectivity index is 1.68. The molecule has 7 heteroatoms. The van der Waals surface area contributed by atoms with Gasteiger partial charge in [0.05, 0.1) is 11.8 Å². The summed E-state index contributed by atoms with van der Waals surface area (Å²) >= 11 is 0. The van der Waals surface area contributed by atoms with Crippen LogP contribution in [0.1, 0.15) is 11.8 Å². The van der Waals surface area contributed by atoms with E-state index >= 15 is 0 Å². The second-order valence-electron chi connectivity index (χ2n) is 5.47. The fraction of sp³-hybridized carbons (Fsp3) is 0.118. The molecule has 0 bridgehead atoms. The Morgan fingerprint density at radius 2 is 2.00 bits per heavy atom. The number of nitrogens with one attached hydrogen (secondary N) is 1. The summed E-state index contributed by atoms with van der Waals surface area (Å²) in [7, 11) is 1.85. The smallest absolute Gasteiger partial charge is 0.162 e. The third-order valence-corrected chi connectivity index (χ3v) is 3.79. The molecule has 0 aliphatic heterocycles. The first kappa shape index (κ1) is 14.4. The van der Waals surface area contributed by atoms with Gasteiger partial charge in [-0.2, -0.15) is 10.2 Å². The van der Waals surface area contributed by atoms with Gasteiger partial charge in [-0.3, -0.25) is 4.68 Å². The zero-order valence-corrected chi connectivity index (χ0v) is 13.0. The van der Waals surface area contributed by atoms with E-state index < -0.39 is 6.23 Å². The summed E-state index contributed by atoms with van der Waals surface area (Å²) in [6.45, 7) is 0. The lowest BCUT2D eigenvalue weighted by molar-refractivity contribution is 0.209. The number of hydrogen-bond donors (Lipinski definition) is 2. The average Bonchev–Trinajstić information content (AvgIpc) is 3.19. The number of nitrogens with zero attached hydrogens (tertiary/aromatic N) is 5. The first-order valence-corrected chi connectivity index (χ1v) is 7.54. The fourth-order valence-corrected chi connectivity index (χ4v) is 2.67. The number of benzene rings is 1. The molecule has 1 aromatic carbocycles. The summed E-state index contributed by atoms with van der Waals surface area (Å²) in [5.74, 6) is 0.603. The Morgan fingerprint density at radius 3 is 2.83 bits per heavy atom. The molecule has 0 radical (unpaired) electrons. The molecule has 0 saturated carbocycles. The zero-order valence-electron chi connectivity index (χ0n) is 13.0. The molecule has 24 heavy (non-hydrogen) atoms. The minimum atomic E-state index is -0.963. The van der Waals surface area contributed by atoms with E-state index in [-0.39, 0.29) is 0 Å². The van der Waals surface area contributed by atoms with Crippen molar-refractivity contribution in [3.63, 3.8) is 0 Å². The number of aliphatic hydroxyl groups is 1. The molecule has 0 fully saturated rings. The topological polar surface area (TPSA) is 80.3 Å². The highest BCUT2D eigenvalue weighted by Crippen LogP contribution is 2.29. The van der Waals surface area contributed by atoms with E-state index in [2.05, 4.69) is 20.5 Å². The normalized spacial score (nSPS) is 12.4. The van der Waals surface area contributed by atoms with Gasteiger partial charge in [0.15, 0.2) is 17.7 Å². The Morgan fingerprint density at radius 1 is 1.17 bits per heavy atom. The van der Waals surface area contributed by atoms with Gasteiger partial charge < -0.3 is 10.4 Å². The van der Waals surface area contributed by atoms with Gasteiger partial charge >= 0.3 is 0 Å². The summed E-state index contributed by atoms with van der Waals surface area (Å²) in [4.78, 5) is 4.26. The molecule has 0 aliphatic rings. The van der Waals surface area contributed by atoms with Crippen molar-refractivity contribution in [3.8, 4) is 11.1 Å². The second-order valence-corrected chi connectivity index (χ2v) is 5.47. The Labute approximate surface area is 138 Å². The summed E-state index contributed by atoms with van der Waals surface area (Å²) in [6.07, 6.45) is 6.01. The van der Waals surface area contributed by atoms with Crippen LogP contribution in [0, 0.1) is 0 Å². The molecule has 0 amide bonds. The van der Waals surface area contributed by atoms with Crippen LogP contribution in [0.3, 0.4) is 0 Å². The number of aryl methyl sites for hydroxylation is 1. The van der Waals surface area contributed by atoms with Crippen LogP contribution in [0.15, 0.2) is 61.2 Å². The minimum Gasteiger partial charge on any atom is -0.369 e. The van der Waals surface area contributed by atoms with Gasteiger partial charge in [0, 0.05) is 31.2 Å². The van der Waals surface area contributed by atoms with Crippen molar-refractivity contribution in [2.45, 2.75) is 6.23 Å². The van der Waals surface area contributed by atoms with Gasteiger partial charge in [0.2, 0.25) is 0 Å². The molecule has 0 spiro atoms. The van der Waals surface area contributed by atoms with Crippen LogP contribution >= 0.6 is 0 Å². The van der Waals surface area contributed by atoms with E-state index in [1.165, 1.54) is 0 Å². The van der Waals surface area contributed by atoms with Gasteiger partial charge in [-0.1, -0.05) is 30.3 Å². The van der Waals surface area contributed by atoms with E-state index in [1.807, 2.05) is 43.6 Å². The van der Waals surface area contributed by atoms with Crippen LogP contribution in [0.5, 0.6) is 0 Å². The number of rotatable bonds is 4. The molecule has 3 heterocycles. The highest BCUT2D eigenvalue weighted by Gasteiger charge is 2.18. The van der Waals surface area contributed by atoms with Crippen LogP contribution in [0.2, 0.25) is 0 Å². The molecule has 0 saturated heterocycles. The third-order valence-electron chi connectivity index (χ3n) is 3.79. The molecule has 120 valence electrons. The number of hydrogen-bond acceptors (Lipinski definition) is 5. The Bertz CT molecular complexity index is 975. The average molecular weight is 320 g/mol. The van der Waals surface area contributed by atoms with Crippen molar-refractivity contribution in [1.29, 1.82) is 0 Å². The standard InChI is InChI=1S/C17H16N6O/c1-22-11-14(12-6-3-2-4-7-12)15(21-22)20-17(24)13-10-19-23-9-5-8-18-16(13)23/h2-11,17,24H,1H3,(H,20,21). The van der Waals surface area contributed by atoms with Crippen molar-refractivity contribution in [2.24, 2.45) is 7.05 Å². The van der Waals surface area contributed by atoms with E-state index in [0.717, 1.165) is 11.1 Å². The van der Waals surface area contributed by atoms with Crippen LogP contribution < -0.4 is 5.32 Å². The molecular formula is C17H16N6O. The summed E-state index contributed by atoms with van der Waals surface area (Å²) < 4.78 is 3.34. The molecular weight excluding hydrogens is 304 g/mol. The maximum Gasteiger partial charge on any atom is 0.162 e. The van der Waals surface area contributed by atoms with Gasteiger partial charge in [-0.05, 0) is 11.6 Å². The largest absolute Gasteiger partial charge is 0.369 e. The minimum absolute atomic E-state index is 0.597. The van der Waals surface area contributed by atoms with E-state index in [9.17, 15) is 5.11 Å². The van der Waals surface area contributed by atoms with Crippen molar-refractivity contribution in [3.05, 3.63) is 66.7 Å². The monoisotopic (exact) mass is 320 g/mol. The summed E-state index contributed by atoms with van der Waals surface area (Å²) in [5, 5.41) is 22.3. The molecule has 7 nitrogen and oxygen atoms in total. The molecule has 4 rings (SSSR count). The van der Waals surface area contributed by atoms with Gasteiger partial charge in [-0.25, -0.2) is 9.50 Å². The SMILES string of the molecule is Cn1cc(-c2ccccc2)c(NC(O)c2cnn3cccnc23)n1. The lowest BCUT2D eigenvalue weighted by Crippen LogP contribution is -2.11. The number of fused-ring (bicyclic) bond motifs is 1. The van der Waals surface area contributed by atoms with Gasteiger partial charge in [0.1, 0.15) is 0 Å². The highest BCUT2D eigenvalue weighted by atomic mass is 16.3. The fourth-order valence-electron chi connectivity index (χ4n) is 2.67. The highest BCUT2D eigenvalue weighted by molar-refractivity contribution is 5.75.